The summed E-state index contributed by atoms with van der Waals surface area (Å²) >= 11 is 1.35. The van der Waals surface area contributed by atoms with Crippen LogP contribution in [-0.4, -0.2) is 44.9 Å². The van der Waals surface area contributed by atoms with Crippen LogP contribution in [0.2, 0.25) is 0 Å². The van der Waals surface area contributed by atoms with Crippen molar-refractivity contribution in [1.82, 2.24) is 25.5 Å². The molecule has 26 heavy (non-hydrogen) atoms. The number of hydrogen-bond acceptors (Lipinski definition) is 7. The van der Waals surface area contributed by atoms with Gasteiger partial charge in [0.25, 0.3) is 0 Å². The van der Waals surface area contributed by atoms with Crippen LogP contribution in [0.1, 0.15) is 47.6 Å². The highest BCUT2D eigenvalue weighted by Crippen LogP contribution is 2.31. The molecular weight excluding hydrogens is 354 g/mol. The number of carbonyl (C=O) groups excluding carboxylic acids is 2. The Bertz CT molecular complexity index is 756. The Hall–Kier alpha value is -2.42. The summed E-state index contributed by atoms with van der Waals surface area (Å²) in [6, 6.07) is 7.29. The van der Waals surface area contributed by atoms with Crippen LogP contribution in [0.5, 0.6) is 0 Å². The maximum atomic E-state index is 12.1. The second-order valence-electron chi connectivity index (χ2n) is 6.10. The van der Waals surface area contributed by atoms with Gasteiger partial charge in [-0.15, -0.1) is 5.10 Å². The Kier molecular flexibility index (Phi) is 6.21. The van der Waals surface area contributed by atoms with Gasteiger partial charge in [-0.1, -0.05) is 36.7 Å². The Morgan fingerprint density at radius 1 is 1.27 bits per heavy atom. The SMILES string of the molecule is COC(=O)c1ccc(CNC(=O)CSc2nnnn2C2CCCC2)cc1. The predicted molar refractivity (Wildman–Crippen MR) is 95.7 cm³/mol. The summed E-state index contributed by atoms with van der Waals surface area (Å²) in [6.07, 6.45) is 4.58. The van der Waals surface area contributed by atoms with Crippen molar-refractivity contribution in [3.8, 4) is 0 Å². The molecule has 138 valence electrons. The number of nitrogens with one attached hydrogen (secondary N) is 1. The topological polar surface area (TPSA) is 99.0 Å². The molecule has 8 nitrogen and oxygen atoms in total. The fourth-order valence-electron chi connectivity index (χ4n) is 2.92. The zero-order valence-electron chi connectivity index (χ0n) is 14.6. The third-order valence-electron chi connectivity index (χ3n) is 4.33. The lowest BCUT2D eigenvalue weighted by atomic mass is 10.1. The normalized spacial score (nSPS) is 14.3. The molecule has 1 aliphatic rings. The number of thioether (sulfide) groups is 1. The Labute approximate surface area is 155 Å². The summed E-state index contributed by atoms with van der Waals surface area (Å²) in [4.78, 5) is 23.5. The lowest BCUT2D eigenvalue weighted by Gasteiger charge is -2.10. The van der Waals surface area contributed by atoms with Gasteiger partial charge in [-0.05, 0) is 41.0 Å². The highest BCUT2D eigenvalue weighted by molar-refractivity contribution is 7.99. The van der Waals surface area contributed by atoms with Crippen LogP contribution in [0.4, 0.5) is 0 Å². The van der Waals surface area contributed by atoms with E-state index >= 15 is 0 Å². The van der Waals surface area contributed by atoms with E-state index in [1.807, 2.05) is 4.68 Å². The van der Waals surface area contributed by atoms with E-state index in [4.69, 9.17) is 0 Å². The van der Waals surface area contributed by atoms with Crippen molar-refractivity contribution >= 4 is 23.6 Å². The van der Waals surface area contributed by atoms with E-state index in [9.17, 15) is 9.59 Å². The van der Waals surface area contributed by atoms with Crippen LogP contribution in [0.3, 0.4) is 0 Å². The number of amides is 1. The Balaban J connectivity index is 1.46. The largest absolute Gasteiger partial charge is 0.465 e. The molecule has 1 saturated carbocycles. The average molecular weight is 375 g/mol. The van der Waals surface area contributed by atoms with Crippen molar-refractivity contribution < 1.29 is 14.3 Å². The molecule has 1 aromatic carbocycles. The molecule has 0 saturated heterocycles. The lowest BCUT2D eigenvalue weighted by molar-refractivity contribution is -0.118. The van der Waals surface area contributed by atoms with Crippen LogP contribution in [-0.2, 0) is 16.1 Å². The maximum absolute atomic E-state index is 12.1. The first-order valence-corrected chi connectivity index (χ1v) is 9.50. The van der Waals surface area contributed by atoms with E-state index < -0.39 is 0 Å². The van der Waals surface area contributed by atoms with Crippen molar-refractivity contribution in [3.05, 3.63) is 35.4 Å². The van der Waals surface area contributed by atoms with Crippen molar-refractivity contribution in [2.45, 2.75) is 43.4 Å². The lowest BCUT2D eigenvalue weighted by Crippen LogP contribution is -2.24. The van der Waals surface area contributed by atoms with Crippen LogP contribution in [0.15, 0.2) is 29.4 Å². The zero-order valence-corrected chi connectivity index (χ0v) is 15.4. The van der Waals surface area contributed by atoms with Crippen molar-refractivity contribution in [2.75, 3.05) is 12.9 Å². The summed E-state index contributed by atoms with van der Waals surface area (Å²) in [5.41, 5.74) is 1.39. The van der Waals surface area contributed by atoms with E-state index in [2.05, 4.69) is 25.6 Å². The van der Waals surface area contributed by atoms with Gasteiger partial charge in [0.2, 0.25) is 11.1 Å². The minimum atomic E-state index is -0.378. The van der Waals surface area contributed by atoms with Gasteiger partial charge in [-0.25, -0.2) is 9.48 Å². The summed E-state index contributed by atoms with van der Waals surface area (Å²) < 4.78 is 6.50. The quantitative estimate of drug-likeness (QED) is 0.583. The molecule has 0 spiro atoms. The number of ether oxygens (including phenoxy) is 1. The monoisotopic (exact) mass is 375 g/mol. The van der Waals surface area contributed by atoms with Crippen molar-refractivity contribution in [1.29, 1.82) is 0 Å². The number of rotatable bonds is 7. The van der Waals surface area contributed by atoms with Crippen LogP contribution in [0.25, 0.3) is 0 Å². The standard InChI is InChI=1S/C17H21N5O3S/c1-25-16(24)13-8-6-12(7-9-13)10-18-15(23)11-26-17-19-20-21-22(17)14-4-2-3-5-14/h6-9,14H,2-5,10-11H2,1H3,(H,18,23). The molecular formula is C17H21N5O3S. The third kappa shape index (κ3) is 4.60. The summed E-state index contributed by atoms with van der Waals surface area (Å²) in [5, 5.41) is 15.4. The molecule has 0 radical (unpaired) electrons. The summed E-state index contributed by atoms with van der Waals surface area (Å²) in [5.74, 6) is -0.210. The van der Waals surface area contributed by atoms with Crippen molar-refractivity contribution in [2.24, 2.45) is 0 Å². The minimum absolute atomic E-state index is 0.0898. The van der Waals surface area contributed by atoms with E-state index in [0.717, 1.165) is 18.4 Å². The second-order valence-corrected chi connectivity index (χ2v) is 7.04. The first-order chi connectivity index (χ1) is 12.7. The molecule has 0 atom stereocenters. The van der Waals surface area contributed by atoms with E-state index in [-0.39, 0.29) is 17.6 Å². The predicted octanol–water partition coefficient (Wildman–Crippen LogP) is 1.98. The number of nitrogens with zero attached hydrogens (tertiary/aromatic N) is 4. The molecule has 1 aliphatic carbocycles. The van der Waals surface area contributed by atoms with E-state index in [1.165, 1.54) is 31.7 Å². The molecule has 1 N–H and O–H groups in total. The zero-order chi connectivity index (χ0) is 18.4. The minimum Gasteiger partial charge on any atom is -0.465 e. The molecule has 0 bridgehead atoms. The van der Waals surface area contributed by atoms with Crippen LogP contribution in [0, 0.1) is 0 Å². The van der Waals surface area contributed by atoms with Gasteiger partial charge in [0.05, 0.1) is 24.5 Å². The molecule has 1 amide bonds. The number of esters is 1. The number of methoxy groups -OCH3 is 1. The molecule has 3 rings (SSSR count). The third-order valence-corrected chi connectivity index (χ3v) is 5.26. The highest BCUT2D eigenvalue weighted by Gasteiger charge is 2.22. The van der Waals surface area contributed by atoms with Crippen LogP contribution >= 0.6 is 11.8 Å². The fraction of sp³-hybridized carbons (Fsp3) is 0.471. The molecule has 2 aromatic rings. The fourth-order valence-corrected chi connectivity index (χ4v) is 3.69. The molecule has 1 fully saturated rings. The number of tetrazole rings is 1. The Morgan fingerprint density at radius 2 is 2.00 bits per heavy atom. The molecule has 1 aromatic heterocycles. The first-order valence-electron chi connectivity index (χ1n) is 8.52. The van der Waals surface area contributed by atoms with Gasteiger partial charge in [-0.3, -0.25) is 4.79 Å². The average Bonchev–Trinajstić information content (AvgIpc) is 3.35. The molecule has 1 heterocycles. The van der Waals surface area contributed by atoms with E-state index in [0.29, 0.717) is 23.3 Å². The molecule has 0 aliphatic heterocycles. The molecule has 9 heteroatoms. The first kappa shape index (κ1) is 18.4. The van der Waals surface area contributed by atoms with Gasteiger partial charge in [0.1, 0.15) is 0 Å². The van der Waals surface area contributed by atoms with E-state index in [1.54, 1.807) is 24.3 Å². The van der Waals surface area contributed by atoms with Crippen molar-refractivity contribution in [3.63, 3.8) is 0 Å². The number of carbonyl (C=O) groups is 2. The van der Waals surface area contributed by atoms with Gasteiger partial charge in [0.15, 0.2) is 0 Å². The Morgan fingerprint density at radius 3 is 2.69 bits per heavy atom. The number of hydrogen-bond donors (Lipinski definition) is 1. The van der Waals surface area contributed by atoms with Gasteiger partial charge in [-0.2, -0.15) is 0 Å². The van der Waals surface area contributed by atoms with Gasteiger partial charge in [0, 0.05) is 6.54 Å². The number of aromatic nitrogens is 4. The summed E-state index contributed by atoms with van der Waals surface area (Å²) in [7, 11) is 1.34. The molecule has 0 unspecified atom stereocenters. The summed E-state index contributed by atoms with van der Waals surface area (Å²) in [6.45, 7) is 0.397. The van der Waals surface area contributed by atoms with Gasteiger partial charge >= 0.3 is 5.97 Å². The highest BCUT2D eigenvalue weighted by atomic mass is 32.2. The van der Waals surface area contributed by atoms with Crippen LogP contribution < -0.4 is 5.32 Å². The smallest absolute Gasteiger partial charge is 0.337 e. The van der Waals surface area contributed by atoms with Gasteiger partial charge < -0.3 is 10.1 Å². The number of benzene rings is 1. The maximum Gasteiger partial charge on any atom is 0.337 e. The second kappa shape index (κ2) is 8.79.